The number of aromatic nitrogens is 1. The number of aryl methyl sites for hydroxylation is 1. The Bertz CT molecular complexity index is 1200. The number of hydrogen-bond acceptors (Lipinski definition) is 5. The fourth-order valence-corrected chi connectivity index (χ4v) is 3.99. The second-order valence-electron chi connectivity index (χ2n) is 8.50. The maximum absolute atomic E-state index is 12.7. The molecule has 7 nitrogen and oxygen atoms in total. The number of methoxy groups -OCH3 is 2. The smallest absolute Gasteiger partial charge is 0.257 e. The van der Waals surface area contributed by atoms with Gasteiger partial charge in [-0.2, -0.15) is 0 Å². The van der Waals surface area contributed by atoms with Crippen molar-refractivity contribution in [1.29, 1.82) is 0 Å². The molecule has 0 aliphatic heterocycles. The molecule has 0 atom stereocenters. The van der Waals surface area contributed by atoms with Crippen LogP contribution >= 0.6 is 0 Å². The average Bonchev–Trinajstić information content (AvgIpc) is 2.83. The first-order chi connectivity index (χ1) is 16.4. The van der Waals surface area contributed by atoms with Gasteiger partial charge in [0.15, 0.2) is 18.1 Å². The molecule has 0 aliphatic carbocycles. The van der Waals surface area contributed by atoms with Crippen LogP contribution < -0.4 is 25.1 Å². The second-order valence-corrected chi connectivity index (χ2v) is 8.50. The van der Waals surface area contributed by atoms with E-state index < -0.39 is 0 Å². The predicted molar refractivity (Wildman–Crippen MR) is 134 cm³/mol. The van der Waals surface area contributed by atoms with Gasteiger partial charge in [-0.05, 0) is 54.2 Å². The van der Waals surface area contributed by atoms with E-state index >= 15 is 0 Å². The number of hydrogen-bond donors (Lipinski definition) is 1. The van der Waals surface area contributed by atoms with Crippen molar-refractivity contribution < 1.29 is 19.0 Å². The highest BCUT2D eigenvalue weighted by atomic mass is 16.5. The van der Waals surface area contributed by atoms with E-state index in [-0.39, 0.29) is 24.0 Å². The van der Waals surface area contributed by atoms with Crippen molar-refractivity contribution in [2.75, 3.05) is 27.4 Å². The zero-order valence-corrected chi connectivity index (χ0v) is 20.6. The summed E-state index contributed by atoms with van der Waals surface area (Å²) in [5, 5.41) is 3.92. The van der Waals surface area contributed by atoms with Gasteiger partial charge in [0, 0.05) is 30.6 Å². The Morgan fingerprint density at radius 2 is 1.79 bits per heavy atom. The van der Waals surface area contributed by atoms with Crippen LogP contribution in [-0.2, 0) is 17.8 Å². The number of nitrogens with zero attached hydrogens (tertiary/aromatic N) is 1. The molecular weight excluding hydrogens is 432 g/mol. The number of pyridine rings is 1. The highest BCUT2D eigenvalue weighted by molar-refractivity contribution is 5.84. The molecule has 1 heterocycles. The van der Waals surface area contributed by atoms with E-state index in [4.69, 9.17) is 14.2 Å². The number of fused-ring (bicyclic) bond motifs is 1. The minimum Gasteiger partial charge on any atom is -0.493 e. The lowest BCUT2D eigenvalue weighted by Crippen LogP contribution is -2.30. The van der Waals surface area contributed by atoms with Gasteiger partial charge in [0.25, 0.3) is 11.5 Å². The van der Waals surface area contributed by atoms with Crippen molar-refractivity contribution in [3.8, 4) is 17.2 Å². The topological polar surface area (TPSA) is 78.8 Å². The van der Waals surface area contributed by atoms with Gasteiger partial charge in [-0.1, -0.05) is 26.8 Å². The first kappa shape index (κ1) is 25.1. The third-order valence-electron chi connectivity index (χ3n) is 5.74. The Morgan fingerprint density at radius 1 is 1.03 bits per heavy atom. The van der Waals surface area contributed by atoms with E-state index in [2.05, 4.69) is 19.2 Å². The SMILES string of the molecule is CCCn1c(=O)cc(C(C)C)c2ccc(OCC(=O)NCCc3ccc(OC)c(OC)c3)cc21. The van der Waals surface area contributed by atoms with Gasteiger partial charge in [-0.25, -0.2) is 0 Å². The Balaban J connectivity index is 1.64. The maximum atomic E-state index is 12.7. The van der Waals surface area contributed by atoms with Gasteiger partial charge >= 0.3 is 0 Å². The highest BCUT2D eigenvalue weighted by Crippen LogP contribution is 2.28. The number of carbonyl (C=O) groups excluding carboxylic acids is 1. The lowest BCUT2D eigenvalue weighted by atomic mass is 9.98. The molecule has 182 valence electrons. The van der Waals surface area contributed by atoms with Gasteiger partial charge in [0.05, 0.1) is 19.7 Å². The van der Waals surface area contributed by atoms with Crippen LogP contribution in [0.25, 0.3) is 10.9 Å². The summed E-state index contributed by atoms with van der Waals surface area (Å²) in [6.07, 6.45) is 1.51. The standard InChI is InChI=1S/C27H34N2O5/c1-6-13-29-23-15-20(8-9-21(23)22(18(2)3)16-27(29)31)34-17-26(30)28-12-11-19-7-10-24(32-4)25(14-19)33-5/h7-10,14-16,18H,6,11-13,17H2,1-5H3,(H,28,30). The lowest BCUT2D eigenvalue weighted by molar-refractivity contribution is -0.123. The van der Waals surface area contributed by atoms with E-state index in [0.29, 0.717) is 36.8 Å². The molecule has 0 spiro atoms. The minimum absolute atomic E-state index is 0.0110. The fourth-order valence-electron chi connectivity index (χ4n) is 3.99. The molecule has 1 amide bonds. The third kappa shape index (κ3) is 5.90. The molecule has 3 aromatic rings. The number of benzene rings is 2. The normalized spacial score (nSPS) is 11.0. The van der Waals surface area contributed by atoms with Crippen molar-refractivity contribution in [3.05, 3.63) is 63.9 Å². The van der Waals surface area contributed by atoms with Crippen molar-refractivity contribution in [2.24, 2.45) is 0 Å². The van der Waals surface area contributed by atoms with Gasteiger partial charge in [0.1, 0.15) is 5.75 Å². The molecule has 3 rings (SSSR count). The van der Waals surface area contributed by atoms with Crippen molar-refractivity contribution >= 4 is 16.8 Å². The highest BCUT2D eigenvalue weighted by Gasteiger charge is 2.13. The van der Waals surface area contributed by atoms with E-state index in [9.17, 15) is 9.59 Å². The Kier molecular flexibility index (Phi) is 8.57. The summed E-state index contributed by atoms with van der Waals surface area (Å²) in [5.41, 5.74) is 2.88. The van der Waals surface area contributed by atoms with Gasteiger partial charge < -0.3 is 24.1 Å². The molecule has 1 aromatic heterocycles. The molecule has 0 unspecified atom stereocenters. The van der Waals surface area contributed by atoms with Crippen LogP contribution in [0.5, 0.6) is 17.2 Å². The van der Waals surface area contributed by atoms with Gasteiger partial charge in [0.2, 0.25) is 0 Å². The molecule has 34 heavy (non-hydrogen) atoms. The summed E-state index contributed by atoms with van der Waals surface area (Å²) >= 11 is 0. The monoisotopic (exact) mass is 466 g/mol. The largest absolute Gasteiger partial charge is 0.493 e. The summed E-state index contributed by atoms with van der Waals surface area (Å²) in [4.78, 5) is 25.0. The number of rotatable bonds is 11. The van der Waals surface area contributed by atoms with Gasteiger partial charge in [-0.15, -0.1) is 0 Å². The molecule has 0 saturated carbocycles. The van der Waals surface area contributed by atoms with Crippen LogP contribution in [0, 0.1) is 0 Å². The van der Waals surface area contributed by atoms with Crippen LogP contribution in [0.15, 0.2) is 47.3 Å². The summed E-state index contributed by atoms with van der Waals surface area (Å²) in [7, 11) is 3.19. The number of ether oxygens (including phenoxy) is 3. The minimum atomic E-state index is -0.206. The molecule has 0 fully saturated rings. The number of amides is 1. The zero-order chi connectivity index (χ0) is 24.7. The average molecular weight is 467 g/mol. The van der Waals surface area contributed by atoms with E-state index in [1.807, 2.05) is 43.3 Å². The summed E-state index contributed by atoms with van der Waals surface area (Å²) < 4.78 is 18.1. The predicted octanol–water partition coefficient (Wildman–Crippen LogP) is 4.29. The van der Waals surface area contributed by atoms with Crippen molar-refractivity contribution in [1.82, 2.24) is 9.88 Å². The Labute approximate surface area is 200 Å². The third-order valence-corrected chi connectivity index (χ3v) is 5.74. The molecule has 0 saturated heterocycles. The maximum Gasteiger partial charge on any atom is 0.257 e. The molecule has 2 aromatic carbocycles. The van der Waals surface area contributed by atoms with Crippen molar-refractivity contribution in [3.63, 3.8) is 0 Å². The molecule has 0 radical (unpaired) electrons. The fraction of sp³-hybridized carbons (Fsp3) is 0.407. The first-order valence-corrected chi connectivity index (χ1v) is 11.7. The number of nitrogens with one attached hydrogen (secondary N) is 1. The molecule has 0 aliphatic rings. The van der Waals surface area contributed by atoms with Crippen LogP contribution in [0.2, 0.25) is 0 Å². The zero-order valence-electron chi connectivity index (χ0n) is 20.6. The lowest BCUT2D eigenvalue weighted by Gasteiger charge is -2.16. The second kappa shape index (κ2) is 11.6. The van der Waals surface area contributed by atoms with E-state index in [1.54, 1.807) is 24.9 Å². The van der Waals surface area contributed by atoms with E-state index in [1.165, 1.54) is 0 Å². The van der Waals surface area contributed by atoms with Crippen molar-refractivity contribution in [2.45, 2.75) is 46.1 Å². The van der Waals surface area contributed by atoms with Gasteiger partial charge in [-0.3, -0.25) is 9.59 Å². The number of carbonyl (C=O) groups is 1. The molecule has 7 heteroatoms. The molecule has 1 N–H and O–H groups in total. The summed E-state index contributed by atoms with van der Waals surface area (Å²) in [6, 6.07) is 13.1. The van der Waals surface area contributed by atoms with E-state index in [0.717, 1.165) is 28.5 Å². The van der Waals surface area contributed by atoms with Crippen LogP contribution in [0.3, 0.4) is 0 Å². The Morgan fingerprint density at radius 3 is 2.47 bits per heavy atom. The molecular formula is C27H34N2O5. The quantitative estimate of drug-likeness (QED) is 0.456. The van der Waals surface area contributed by atoms with Crippen LogP contribution in [-0.4, -0.2) is 37.8 Å². The Hall–Kier alpha value is -3.48. The summed E-state index contributed by atoms with van der Waals surface area (Å²) in [6.45, 7) is 7.21. The van der Waals surface area contributed by atoms with Crippen LogP contribution in [0.1, 0.15) is 44.2 Å². The van der Waals surface area contributed by atoms with Crippen LogP contribution in [0.4, 0.5) is 0 Å². The summed E-state index contributed by atoms with van der Waals surface area (Å²) in [5.74, 6) is 1.92. The first-order valence-electron chi connectivity index (χ1n) is 11.7. The molecule has 0 bridgehead atoms.